The van der Waals surface area contributed by atoms with Crippen molar-refractivity contribution in [3.05, 3.63) is 0 Å². The Kier molecular flexibility index (Phi) is 8.48. The standard InChI is InChI=1S/C17H35NS/c1-4-6-13-18(16(3)5-2)14-17(15-19)11-9-7-8-10-12-17/h16,19H,4-15H2,1-3H3. The van der Waals surface area contributed by atoms with E-state index in [2.05, 4.69) is 25.7 Å². The van der Waals surface area contributed by atoms with Crippen LogP contribution in [0.1, 0.15) is 78.6 Å². The third kappa shape index (κ3) is 5.67. The van der Waals surface area contributed by atoms with Crippen LogP contribution in [-0.4, -0.2) is 29.8 Å². The van der Waals surface area contributed by atoms with Crippen LogP contribution < -0.4 is 0 Å². The molecule has 1 fully saturated rings. The van der Waals surface area contributed by atoms with E-state index in [-0.39, 0.29) is 0 Å². The van der Waals surface area contributed by atoms with E-state index in [9.17, 15) is 0 Å². The lowest BCUT2D eigenvalue weighted by atomic mass is 9.81. The molecule has 19 heavy (non-hydrogen) atoms. The first-order chi connectivity index (χ1) is 9.17. The fraction of sp³-hybridized carbons (Fsp3) is 1.00. The van der Waals surface area contributed by atoms with Gasteiger partial charge in [-0.25, -0.2) is 0 Å². The van der Waals surface area contributed by atoms with Crippen LogP contribution in [-0.2, 0) is 0 Å². The predicted octanol–water partition coefficient (Wildman–Crippen LogP) is 5.16. The number of unbranched alkanes of at least 4 members (excludes halogenated alkanes) is 1. The molecule has 0 radical (unpaired) electrons. The normalized spacial score (nSPS) is 21.3. The molecule has 0 heterocycles. The molecule has 0 bridgehead atoms. The summed E-state index contributed by atoms with van der Waals surface area (Å²) in [5, 5.41) is 0. The lowest BCUT2D eigenvalue weighted by Gasteiger charge is -2.40. The van der Waals surface area contributed by atoms with Gasteiger partial charge in [0.15, 0.2) is 0 Å². The van der Waals surface area contributed by atoms with Crippen molar-refractivity contribution < 1.29 is 0 Å². The Hall–Kier alpha value is 0.310. The fourth-order valence-corrected chi connectivity index (χ4v) is 3.77. The Balaban J connectivity index is 2.66. The van der Waals surface area contributed by atoms with Gasteiger partial charge in [-0.2, -0.15) is 12.6 Å². The molecule has 0 N–H and O–H groups in total. The minimum absolute atomic E-state index is 0.497. The summed E-state index contributed by atoms with van der Waals surface area (Å²) in [4.78, 5) is 2.76. The van der Waals surface area contributed by atoms with Gasteiger partial charge in [0.05, 0.1) is 0 Å². The molecule has 0 aromatic carbocycles. The fourth-order valence-electron chi connectivity index (χ4n) is 3.35. The zero-order valence-electron chi connectivity index (χ0n) is 13.5. The molecule has 0 aromatic heterocycles. The van der Waals surface area contributed by atoms with Gasteiger partial charge >= 0.3 is 0 Å². The van der Waals surface area contributed by atoms with Crippen molar-refractivity contribution in [1.82, 2.24) is 4.90 Å². The van der Waals surface area contributed by atoms with Crippen LogP contribution in [0.2, 0.25) is 0 Å². The average molecular weight is 286 g/mol. The topological polar surface area (TPSA) is 3.24 Å². The number of thiol groups is 1. The third-order valence-electron chi connectivity index (χ3n) is 5.05. The molecule has 1 nitrogen and oxygen atoms in total. The Morgan fingerprint density at radius 3 is 2.21 bits per heavy atom. The quantitative estimate of drug-likeness (QED) is 0.476. The number of rotatable bonds is 8. The van der Waals surface area contributed by atoms with Crippen LogP contribution in [0.15, 0.2) is 0 Å². The largest absolute Gasteiger partial charge is 0.300 e. The Labute approximate surface area is 126 Å². The van der Waals surface area contributed by atoms with Crippen LogP contribution in [0, 0.1) is 5.41 Å². The van der Waals surface area contributed by atoms with Crippen molar-refractivity contribution in [2.75, 3.05) is 18.8 Å². The van der Waals surface area contributed by atoms with Crippen LogP contribution in [0.4, 0.5) is 0 Å². The van der Waals surface area contributed by atoms with E-state index in [0.717, 1.165) is 11.8 Å². The Morgan fingerprint density at radius 2 is 1.74 bits per heavy atom. The van der Waals surface area contributed by atoms with E-state index in [4.69, 9.17) is 12.6 Å². The summed E-state index contributed by atoms with van der Waals surface area (Å²) < 4.78 is 0. The highest BCUT2D eigenvalue weighted by atomic mass is 32.1. The summed E-state index contributed by atoms with van der Waals surface area (Å²) >= 11 is 4.73. The maximum Gasteiger partial charge on any atom is 0.00645 e. The highest BCUT2D eigenvalue weighted by Crippen LogP contribution is 2.37. The van der Waals surface area contributed by atoms with E-state index in [1.165, 1.54) is 70.9 Å². The number of hydrogen-bond acceptors (Lipinski definition) is 2. The van der Waals surface area contributed by atoms with Gasteiger partial charge in [0, 0.05) is 12.6 Å². The van der Waals surface area contributed by atoms with Crippen LogP contribution in [0.5, 0.6) is 0 Å². The molecule has 1 aliphatic carbocycles. The molecule has 0 amide bonds. The van der Waals surface area contributed by atoms with Gasteiger partial charge in [-0.3, -0.25) is 0 Å². The average Bonchev–Trinajstić information content (AvgIpc) is 2.68. The van der Waals surface area contributed by atoms with E-state index >= 15 is 0 Å². The summed E-state index contributed by atoms with van der Waals surface area (Å²) in [6.45, 7) is 9.59. The lowest BCUT2D eigenvalue weighted by Crippen LogP contribution is -2.43. The van der Waals surface area contributed by atoms with E-state index in [1.54, 1.807) is 0 Å². The van der Waals surface area contributed by atoms with Crippen molar-refractivity contribution in [1.29, 1.82) is 0 Å². The van der Waals surface area contributed by atoms with E-state index < -0.39 is 0 Å². The SMILES string of the molecule is CCCCN(CC1(CS)CCCCCC1)C(C)CC. The summed E-state index contributed by atoms with van der Waals surface area (Å²) in [6, 6.07) is 0.728. The monoisotopic (exact) mass is 285 g/mol. The van der Waals surface area contributed by atoms with Gasteiger partial charge in [-0.1, -0.05) is 46.0 Å². The third-order valence-corrected chi connectivity index (χ3v) is 5.72. The summed E-state index contributed by atoms with van der Waals surface area (Å²) in [5.41, 5.74) is 0.497. The number of hydrogen-bond donors (Lipinski definition) is 1. The molecule has 114 valence electrons. The highest BCUT2D eigenvalue weighted by Gasteiger charge is 2.32. The van der Waals surface area contributed by atoms with Crippen molar-refractivity contribution in [3.63, 3.8) is 0 Å². The van der Waals surface area contributed by atoms with Crippen LogP contribution >= 0.6 is 12.6 Å². The molecule has 1 aliphatic rings. The smallest absolute Gasteiger partial charge is 0.00645 e. The van der Waals surface area contributed by atoms with E-state index in [0.29, 0.717) is 5.41 Å². The first-order valence-electron chi connectivity index (χ1n) is 8.52. The molecule has 1 atom stereocenters. The minimum Gasteiger partial charge on any atom is -0.300 e. The maximum atomic E-state index is 4.73. The number of nitrogens with zero attached hydrogens (tertiary/aromatic N) is 1. The van der Waals surface area contributed by atoms with Crippen molar-refractivity contribution in [2.24, 2.45) is 5.41 Å². The van der Waals surface area contributed by atoms with Gasteiger partial charge in [-0.05, 0) is 50.3 Å². The van der Waals surface area contributed by atoms with Gasteiger partial charge < -0.3 is 4.90 Å². The van der Waals surface area contributed by atoms with Gasteiger partial charge in [0.1, 0.15) is 0 Å². The summed E-state index contributed by atoms with van der Waals surface area (Å²) in [6.07, 6.45) is 12.4. The first kappa shape index (κ1) is 17.4. The summed E-state index contributed by atoms with van der Waals surface area (Å²) in [5.74, 6) is 1.08. The zero-order chi connectivity index (χ0) is 14.1. The predicted molar refractivity (Wildman–Crippen MR) is 90.2 cm³/mol. The Morgan fingerprint density at radius 1 is 1.11 bits per heavy atom. The van der Waals surface area contributed by atoms with Crippen LogP contribution in [0.3, 0.4) is 0 Å². The summed E-state index contributed by atoms with van der Waals surface area (Å²) in [7, 11) is 0. The highest BCUT2D eigenvalue weighted by molar-refractivity contribution is 7.80. The van der Waals surface area contributed by atoms with Crippen molar-refractivity contribution >= 4 is 12.6 Å². The molecular formula is C17H35NS. The Bertz CT molecular complexity index is 221. The molecular weight excluding hydrogens is 250 g/mol. The molecule has 0 aromatic rings. The maximum absolute atomic E-state index is 4.73. The first-order valence-corrected chi connectivity index (χ1v) is 9.15. The zero-order valence-corrected chi connectivity index (χ0v) is 14.4. The van der Waals surface area contributed by atoms with E-state index in [1.807, 2.05) is 0 Å². The van der Waals surface area contributed by atoms with Crippen LogP contribution in [0.25, 0.3) is 0 Å². The molecule has 2 heteroatoms. The lowest BCUT2D eigenvalue weighted by molar-refractivity contribution is 0.112. The minimum atomic E-state index is 0.497. The molecule has 1 rings (SSSR count). The molecule has 1 saturated carbocycles. The van der Waals surface area contributed by atoms with Crippen molar-refractivity contribution in [3.8, 4) is 0 Å². The van der Waals surface area contributed by atoms with Gasteiger partial charge in [0.25, 0.3) is 0 Å². The molecule has 0 aliphatic heterocycles. The van der Waals surface area contributed by atoms with Gasteiger partial charge in [-0.15, -0.1) is 0 Å². The second-order valence-corrected chi connectivity index (χ2v) is 6.97. The second kappa shape index (κ2) is 9.28. The van der Waals surface area contributed by atoms with Gasteiger partial charge in [0.2, 0.25) is 0 Å². The molecule has 0 spiro atoms. The molecule has 0 saturated heterocycles. The molecule has 1 unspecified atom stereocenters. The second-order valence-electron chi connectivity index (χ2n) is 6.65. The van der Waals surface area contributed by atoms with Crippen molar-refractivity contribution in [2.45, 2.75) is 84.6 Å².